The number of ketones is 3. The van der Waals surface area contributed by atoms with Gasteiger partial charge in [0.2, 0.25) is 17.3 Å². The number of aromatic nitrogens is 2. The molecule has 0 aromatic carbocycles. The molecule has 4 aliphatic rings. The molecule has 0 radical (unpaired) electrons. The number of H-pyrrole nitrogens is 2. The highest BCUT2D eigenvalue weighted by Gasteiger charge is 2.63. The summed E-state index contributed by atoms with van der Waals surface area (Å²) in [7, 11) is 2.64. The summed E-state index contributed by atoms with van der Waals surface area (Å²) in [5.74, 6) is -2.15. The molecule has 0 amide bonds. The maximum Gasteiger partial charge on any atom is 0.303 e. The maximum absolute atomic E-state index is 13.3. The molecule has 4 aliphatic carbocycles. The fraction of sp³-hybridized carbons (Fsp3) is 0.385. The zero-order chi connectivity index (χ0) is 25.6. The Balaban J connectivity index is 1.63. The first-order chi connectivity index (χ1) is 17.2. The van der Waals surface area contributed by atoms with Crippen molar-refractivity contribution in [1.29, 1.82) is 0 Å². The van der Waals surface area contributed by atoms with Gasteiger partial charge in [-0.15, -0.1) is 0 Å². The molecule has 2 aromatic rings. The Morgan fingerprint density at radius 1 is 0.944 bits per heavy atom. The summed E-state index contributed by atoms with van der Waals surface area (Å²) in [6.07, 6.45) is 4.94. The molecular formula is C26H24N2O8. The highest BCUT2D eigenvalue weighted by Crippen LogP contribution is 2.56. The van der Waals surface area contributed by atoms with Crippen LogP contribution in [0.1, 0.15) is 79.2 Å². The van der Waals surface area contributed by atoms with Crippen LogP contribution in [-0.4, -0.2) is 52.6 Å². The highest BCUT2D eigenvalue weighted by molar-refractivity contribution is 6.24. The van der Waals surface area contributed by atoms with E-state index in [0.717, 1.165) is 23.8 Å². The van der Waals surface area contributed by atoms with Crippen molar-refractivity contribution >= 4 is 23.3 Å². The standard InChI is InChI=1S/C26H24N2O8/c1-11(29)36-26(8-7-13-18-20(28-23(13)26)15(30)9-16(34-2)21(18)31)25(33)10-17(35-3)22(32)19-12-5-4-6-14(12)27-24(19)25/h9-10,27-28,33H,4-8H2,1-3H3. The minimum absolute atomic E-state index is 0.0441. The molecule has 2 aromatic heterocycles. The molecule has 6 rings (SSSR count). The fourth-order valence-electron chi connectivity index (χ4n) is 6.31. The van der Waals surface area contributed by atoms with Crippen LogP contribution in [0.15, 0.2) is 23.7 Å². The summed E-state index contributed by atoms with van der Waals surface area (Å²) >= 11 is 0. The van der Waals surface area contributed by atoms with Crippen LogP contribution >= 0.6 is 0 Å². The molecule has 186 valence electrons. The molecule has 36 heavy (non-hydrogen) atoms. The Kier molecular flexibility index (Phi) is 4.57. The number of nitrogens with one attached hydrogen (secondary N) is 2. The number of carbonyl (C=O) groups is 4. The molecular weight excluding hydrogens is 468 g/mol. The number of aromatic amines is 2. The quantitative estimate of drug-likeness (QED) is 0.550. The number of fused-ring (bicyclic) bond motifs is 6. The number of methoxy groups -OCH3 is 2. The van der Waals surface area contributed by atoms with Crippen molar-refractivity contribution in [3.8, 4) is 0 Å². The molecule has 0 saturated carbocycles. The van der Waals surface area contributed by atoms with Crippen molar-refractivity contribution in [2.24, 2.45) is 0 Å². The van der Waals surface area contributed by atoms with Crippen molar-refractivity contribution in [2.45, 2.75) is 50.2 Å². The first-order valence-corrected chi connectivity index (χ1v) is 11.7. The van der Waals surface area contributed by atoms with Crippen LogP contribution in [-0.2, 0) is 49.5 Å². The first kappa shape index (κ1) is 22.5. The van der Waals surface area contributed by atoms with Crippen molar-refractivity contribution < 1.29 is 38.5 Å². The van der Waals surface area contributed by atoms with E-state index in [-0.39, 0.29) is 52.8 Å². The predicted octanol–water partition coefficient (Wildman–Crippen LogP) is 2.06. The lowest BCUT2D eigenvalue weighted by atomic mass is 9.72. The lowest BCUT2D eigenvalue weighted by Crippen LogP contribution is -2.52. The molecule has 3 N–H and O–H groups in total. The summed E-state index contributed by atoms with van der Waals surface area (Å²) in [6.45, 7) is 1.22. The third-order valence-electron chi connectivity index (χ3n) is 7.78. The lowest BCUT2D eigenvalue weighted by Gasteiger charge is -2.43. The van der Waals surface area contributed by atoms with Gasteiger partial charge >= 0.3 is 5.97 Å². The molecule has 2 unspecified atom stereocenters. The zero-order valence-corrected chi connectivity index (χ0v) is 20.0. The first-order valence-electron chi connectivity index (χ1n) is 11.7. The van der Waals surface area contributed by atoms with E-state index < -0.39 is 28.7 Å². The molecule has 10 heteroatoms. The number of rotatable bonds is 4. The summed E-state index contributed by atoms with van der Waals surface area (Å²) in [5, 5.41) is 12.5. The maximum atomic E-state index is 13.3. The third kappa shape index (κ3) is 2.59. The number of esters is 1. The number of hydrogen-bond acceptors (Lipinski definition) is 8. The number of aryl methyl sites for hydroxylation is 1. The zero-order valence-electron chi connectivity index (χ0n) is 20.0. The average Bonchev–Trinajstić information content (AvgIpc) is 3.59. The van der Waals surface area contributed by atoms with Crippen LogP contribution in [0.2, 0.25) is 0 Å². The molecule has 0 aliphatic heterocycles. The SMILES string of the molecule is COC1=CC(=O)c2[nH]c3c(c2C1=O)CCC3(OC(C)=O)C1(O)C=C(OC)C(=O)c2c1[nH]c1c2CCC1. The van der Waals surface area contributed by atoms with Gasteiger partial charge in [0.1, 0.15) is 0 Å². The van der Waals surface area contributed by atoms with Gasteiger partial charge in [0.25, 0.3) is 0 Å². The van der Waals surface area contributed by atoms with Gasteiger partial charge in [-0.1, -0.05) is 0 Å². The monoisotopic (exact) mass is 492 g/mol. The molecule has 2 atom stereocenters. The minimum Gasteiger partial charge on any atom is -0.493 e. The van der Waals surface area contributed by atoms with E-state index in [2.05, 4.69) is 9.97 Å². The molecule has 2 heterocycles. The van der Waals surface area contributed by atoms with E-state index in [0.29, 0.717) is 24.0 Å². The van der Waals surface area contributed by atoms with E-state index in [1.165, 1.54) is 27.2 Å². The topological polar surface area (TPSA) is 148 Å². The summed E-state index contributed by atoms with van der Waals surface area (Å²) in [4.78, 5) is 58.0. The summed E-state index contributed by atoms with van der Waals surface area (Å²) in [6, 6.07) is 0. The van der Waals surface area contributed by atoms with Gasteiger partial charge in [-0.25, -0.2) is 0 Å². The van der Waals surface area contributed by atoms with Crippen LogP contribution in [0.3, 0.4) is 0 Å². The molecule has 0 bridgehead atoms. The molecule has 0 saturated heterocycles. The van der Waals surface area contributed by atoms with E-state index in [1.807, 2.05) is 0 Å². The average molecular weight is 492 g/mol. The van der Waals surface area contributed by atoms with Crippen LogP contribution in [0, 0.1) is 0 Å². The van der Waals surface area contributed by atoms with Crippen LogP contribution in [0.25, 0.3) is 0 Å². The van der Waals surface area contributed by atoms with Crippen molar-refractivity contribution in [1.82, 2.24) is 9.97 Å². The van der Waals surface area contributed by atoms with Gasteiger partial charge in [0.05, 0.1) is 42.4 Å². The molecule has 0 fully saturated rings. The third-order valence-corrected chi connectivity index (χ3v) is 7.78. The molecule has 0 spiro atoms. The number of hydrogen-bond donors (Lipinski definition) is 3. The second-order valence-corrected chi connectivity index (χ2v) is 9.55. The second kappa shape index (κ2) is 7.30. The Morgan fingerprint density at radius 2 is 1.67 bits per heavy atom. The van der Waals surface area contributed by atoms with Gasteiger partial charge in [-0.3, -0.25) is 19.2 Å². The predicted molar refractivity (Wildman–Crippen MR) is 122 cm³/mol. The van der Waals surface area contributed by atoms with Gasteiger partial charge in [-0.2, -0.15) is 0 Å². The van der Waals surface area contributed by atoms with Crippen molar-refractivity contribution in [3.05, 3.63) is 68.7 Å². The van der Waals surface area contributed by atoms with Crippen LogP contribution in [0.5, 0.6) is 0 Å². The van der Waals surface area contributed by atoms with Crippen molar-refractivity contribution in [2.75, 3.05) is 14.2 Å². The summed E-state index contributed by atoms with van der Waals surface area (Å²) in [5.41, 5.74) is -0.742. The van der Waals surface area contributed by atoms with Crippen LogP contribution in [0.4, 0.5) is 0 Å². The minimum atomic E-state index is -2.06. The Bertz CT molecular complexity index is 1470. The normalized spacial score (nSPS) is 26.1. The van der Waals surface area contributed by atoms with E-state index >= 15 is 0 Å². The largest absolute Gasteiger partial charge is 0.493 e. The van der Waals surface area contributed by atoms with Gasteiger partial charge in [0.15, 0.2) is 22.7 Å². The van der Waals surface area contributed by atoms with Crippen LogP contribution < -0.4 is 0 Å². The number of allylic oxidation sites excluding steroid dienone is 3. The van der Waals surface area contributed by atoms with E-state index in [1.54, 1.807) is 0 Å². The Hall–Kier alpha value is -3.92. The van der Waals surface area contributed by atoms with E-state index in [9.17, 15) is 24.3 Å². The lowest BCUT2D eigenvalue weighted by molar-refractivity contribution is -0.193. The Morgan fingerprint density at radius 3 is 2.36 bits per heavy atom. The smallest absolute Gasteiger partial charge is 0.303 e. The van der Waals surface area contributed by atoms with Gasteiger partial charge in [0, 0.05) is 31.2 Å². The fourth-order valence-corrected chi connectivity index (χ4v) is 6.31. The van der Waals surface area contributed by atoms with Gasteiger partial charge < -0.3 is 29.3 Å². The van der Waals surface area contributed by atoms with Crippen molar-refractivity contribution in [3.63, 3.8) is 0 Å². The highest BCUT2D eigenvalue weighted by atomic mass is 16.6. The number of ether oxygens (including phenoxy) is 3. The Labute approximate surface area is 205 Å². The van der Waals surface area contributed by atoms with E-state index in [4.69, 9.17) is 14.2 Å². The summed E-state index contributed by atoms with van der Waals surface area (Å²) < 4.78 is 16.4. The second-order valence-electron chi connectivity index (χ2n) is 9.55. The number of Topliss-reactive ketones (excluding diaryl/α,β-unsaturated/α-hetero) is 2. The number of aliphatic hydroxyl groups is 1. The number of carbonyl (C=O) groups excluding carboxylic acids is 4. The molecule has 10 nitrogen and oxygen atoms in total. The van der Waals surface area contributed by atoms with Gasteiger partial charge in [-0.05, 0) is 36.8 Å².